The predicted octanol–water partition coefficient (Wildman–Crippen LogP) is 22.4. The summed E-state index contributed by atoms with van der Waals surface area (Å²) in [7, 11) is 0. The zero-order valence-corrected chi connectivity index (χ0v) is 65.5. The van der Waals surface area contributed by atoms with Gasteiger partial charge in [0.25, 0.3) is 0 Å². The Morgan fingerprint density at radius 1 is 0.505 bits per heavy atom. The van der Waals surface area contributed by atoms with Crippen molar-refractivity contribution in [2.75, 3.05) is 50.3 Å². The van der Waals surface area contributed by atoms with Crippen LogP contribution in [0.2, 0.25) is 0 Å². The molecule has 11 nitrogen and oxygen atoms in total. The van der Waals surface area contributed by atoms with Crippen LogP contribution in [0, 0.1) is 5.92 Å². The zero-order chi connectivity index (χ0) is 72.1. The molecule has 3 aliphatic rings. The van der Waals surface area contributed by atoms with Crippen LogP contribution in [0.4, 0.5) is 9.59 Å². The number of amides is 2. The van der Waals surface area contributed by atoms with E-state index in [1.165, 1.54) is 95.9 Å². The highest BCUT2D eigenvalue weighted by Crippen LogP contribution is 2.28. The van der Waals surface area contributed by atoms with Gasteiger partial charge in [0.05, 0.1) is 6.42 Å². The molecular formula is C86H125ClIN3O8. The van der Waals surface area contributed by atoms with E-state index < -0.39 is 17.2 Å². The molecule has 0 spiro atoms. The van der Waals surface area contributed by atoms with E-state index in [4.69, 9.17) is 19.7 Å². The van der Waals surface area contributed by atoms with Gasteiger partial charge in [-0.25, -0.2) is 9.59 Å². The number of nitrogens with zero attached hydrogens (tertiary/aromatic N) is 2. The second-order valence-corrected chi connectivity index (χ2v) is 29.7. The number of benzene rings is 6. The summed E-state index contributed by atoms with van der Waals surface area (Å²) in [5, 5.41) is 20.7. The summed E-state index contributed by atoms with van der Waals surface area (Å²) >= 11 is 2.43. The van der Waals surface area contributed by atoms with Crippen molar-refractivity contribution in [2.24, 2.45) is 5.92 Å². The fraction of sp³-hybridized carbons (Fsp3) is 0.512. The number of aliphatic carboxylic acids is 1. The molecule has 3 N–H and O–H groups in total. The van der Waals surface area contributed by atoms with E-state index in [1.807, 2.05) is 102 Å². The van der Waals surface area contributed by atoms with Crippen molar-refractivity contribution in [3.63, 3.8) is 0 Å². The number of carboxylic acids is 1. The van der Waals surface area contributed by atoms with E-state index in [9.17, 15) is 19.2 Å². The number of ketones is 1. The minimum atomic E-state index is -0.744. The van der Waals surface area contributed by atoms with Crippen LogP contribution in [0.25, 0.3) is 0 Å². The van der Waals surface area contributed by atoms with Gasteiger partial charge < -0.3 is 34.8 Å². The molecule has 0 bridgehead atoms. The molecule has 0 saturated carbocycles. The third-order valence-electron chi connectivity index (χ3n) is 17.8. The molecule has 0 aromatic heterocycles. The molecule has 13 heteroatoms. The molecule has 3 aliphatic heterocycles. The number of halogens is 2. The first-order chi connectivity index (χ1) is 46.8. The van der Waals surface area contributed by atoms with Crippen LogP contribution in [0.5, 0.6) is 0 Å². The molecule has 6 aromatic carbocycles. The number of nitrogens with one attached hydrogen (secondary N) is 1. The van der Waals surface area contributed by atoms with Gasteiger partial charge in [-0.3, -0.25) is 9.59 Å². The van der Waals surface area contributed by atoms with Crippen LogP contribution in [0.1, 0.15) is 249 Å². The van der Waals surface area contributed by atoms with Gasteiger partial charge in [0, 0.05) is 50.1 Å². The number of aliphatic hydroxyl groups is 1. The minimum Gasteiger partial charge on any atom is -0.481 e. The van der Waals surface area contributed by atoms with E-state index in [2.05, 4.69) is 209 Å². The number of hydrogen-bond acceptors (Lipinski definition) is 8. The summed E-state index contributed by atoms with van der Waals surface area (Å²) in [6.07, 6.45) is 16.2. The quantitative estimate of drug-likeness (QED) is 0.0410. The summed E-state index contributed by atoms with van der Waals surface area (Å²) < 4.78 is 11.9. The molecule has 6 aromatic rings. The number of carboxylic acid groups (broad SMARTS) is 1. The van der Waals surface area contributed by atoms with E-state index in [-0.39, 0.29) is 49.3 Å². The summed E-state index contributed by atoms with van der Waals surface area (Å²) in [5.74, 6) is 3.71. The van der Waals surface area contributed by atoms with Crippen molar-refractivity contribution >= 4 is 58.9 Å². The van der Waals surface area contributed by atoms with Gasteiger partial charge >= 0.3 is 18.2 Å². The lowest BCUT2D eigenvalue weighted by atomic mass is 9.87. The highest BCUT2D eigenvalue weighted by Gasteiger charge is 2.27. The van der Waals surface area contributed by atoms with E-state index in [0.29, 0.717) is 43.7 Å². The first-order valence-electron chi connectivity index (χ1n) is 36.4. The van der Waals surface area contributed by atoms with Crippen LogP contribution >= 0.6 is 35.0 Å². The number of rotatable bonds is 19. The maximum absolute atomic E-state index is 12.1. The van der Waals surface area contributed by atoms with Crippen LogP contribution in [-0.4, -0.2) is 105 Å². The SMILES string of the molecule is CC(C)(C)OC(=O)N1CCC(=O)CC1.CCC[C@@H](C)c1ccccc1.C[C@H](CC(=O)O)c1ccccc1.C[C@H](CC=C1CCN(C(=O)OC(C)(C)C)CC1)c1ccccc1.C[C@H](CCC1CCNCC1)c1ccccc1.C[C@H](CCI)c1ccccc1.C[C@H](CCO)c1ccccc1.Cl. The predicted molar refractivity (Wildman–Crippen MR) is 425 cm³/mol. The third-order valence-corrected chi connectivity index (χ3v) is 18.4. The van der Waals surface area contributed by atoms with Gasteiger partial charge in [0.1, 0.15) is 17.0 Å². The number of piperidine rings is 3. The maximum Gasteiger partial charge on any atom is 0.410 e. The Morgan fingerprint density at radius 3 is 1.16 bits per heavy atom. The molecular weight excluding hydrogens is 1370 g/mol. The summed E-state index contributed by atoms with van der Waals surface area (Å²) in [5.41, 5.74) is 8.79. The molecule has 0 radical (unpaired) electrons. The van der Waals surface area contributed by atoms with Crippen LogP contribution in [0.3, 0.4) is 0 Å². The number of likely N-dealkylation sites (tertiary alicyclic amines) is 2. The molecule has 546 valence electrons. The highest BCUT2D eigenvalue weighted by atomic mass is 127. The van der Waals surface area contributed by atoms with Crippen molar-refractivity contribution in [1.82, 2.24) is 15.1 Å². The van der Waals surface area contributed by atoms with Crippen molar-refractivity contribution in [3.05, 3.63) is 227 Å². The highest BCUT2D eigenvalue weighted by molar-refractivity contribution is 14.1. The Hall–Kier alpha value is -6.32. The zero-order valence-electron chi connectivity index (χ0n) is 62.5. The molecule has 0 unspecified atom stereocenters. The molecule has 0 aliphatic carbocycles. The molecule has 6 atom stereocenters. The number of ether oxygens (including phenoxy) is 2. The van der Waals surface area contributed by atoms with Gasteiger partial charge in [-0.2, -0.15) is 0 Å². The van der Waals surface area contributed by atoms with Crippen molar-refractivity contribution < 1.29 is 38.9 Å². The van der Waals surface area contributed by atoms with Crippen LogP contribution < -0.4 is 5.32 Å². The summed E-state index contributed by atoms with van der Waals surface area (Å²) in [4.78, 5) is 48.3. The van der Waals surface area contributed by atoms with Crippen molar-refractivity contribution in [1.29, 1.82) is 0 Å². The Labute approximate surface area is 618 Å². The monoisotopic (exact) mass is 1490 g/mol. The fourth-order valence-electron chi connectivity index (χ4n) is 11.4. The standard InChI is InChI=1S/C20H29NO2.C15H23N.C11H16.C10H13I.C10H17NO3.C10H12O2.C10H14O.ClH/c1-16(18-8-6-5-7-9-18)10-11-17-12-14-21(15-13-17)19(22)23-20(2,3)4;1-13(15-5-3-2-4-6-15)7-8-14-9-11-16-12-10-14;1-3-7-10(2)11-8-5-4-6-9-11;1-9(7-8-11)10-5-3-2-4-6-10;1-10(2,3)14-9(13)11-6-4-8(12)5-7-11;1-8(7-10(11)12)9-5-3-2-4-6-9;1-9(7-8-11)10-5-3-2-4-6-10;/h5-9,11,16H,10,12-15H2,1-4H3;2-6,13-14,16H,7-12H2,1H3;4-6,8-10H,3,7H2,1-2H3;2-6,9H,7-8H2,1H3;4-7H2,1-3H3;2-6,8H,7H2,1H3,(H,11,12);2-6,9,11H,7-8H2,1H3;1H/t16-;13-;10-;9-;;8-;9-;/m1111.11./s1. The lowest BCUT2D eigenvalue weighted by Crippen LogP contribution is -2.41. The average molecular weight is 1490 g/mol. The Balaban J connectivity index is 0.000000399. The molecule has 9 rings (SSSR count). The molecule has 2 amide bonds. The molecule has 3 saturated heterocycles. The number of hydrogen-bond donors (Lipinski definition) is 3. The number of aliphatic hydroxyl groups excluding tert-OH is 1. The van der Waals surface area contributed by atoms with Gasteiger partial charge in [-0.05, 0) is 194 Å². The van der Waals surface area contributed by atoms with Gasteiger partial charge in [0.15, 0.2) is 0 Å². The fourth-order valence-corrected chi connectivity index (χ4v) is 12.4. The van der Waals surface area contributed by atoms with Crippen LogP contribution in [0.15, 0.2) is 194 Å². The Kier molecular flexibility index (Phi) is 45.7. The number of carbonyl (C=O) groups excluding carboxylic acids is 3. The number of carbonyl (C=O) groups is 4. The first-order valence-corrected chi connectivity index (χ1v) is 37.9. The number of allylic oxidation sites excluding steroid dienone is 1. The van der Waals surface area contributed by atoms with Gasteiger partial charge in [-0.15, -0.1) is 12.4 Å². The average Bonchev–Trinajstić information content (AvgIpc) is 0.974. The second kappa shape index (κ2) is 50.9. The summed E-state index contributed by atoms with van der Waals surface area (Å²) in [6, 6.07) is 62.9. The lowest BCUT2D eigenvalue weighted by Gasteiger charge is -2.31. The van der Waals surface area contributed by atoms with Gasteiger partial charge in [-0.1, -0.05) is 271 Å². The van der Waals surface area contributed by atoms with Crippen molar-refractivity contribution in [2.45, 2.75) is 227 Å². The Morgan fingerprint density at radius 2 is 0.828 bits per heavy atom. The number of alkyl halides is 1. The van der Waals surface area contributed by atoms with E-state index in [1.54, 1.807) is 4.90 Å². The topological polar surface area (TPSA) is 146 Å². The lowest BCUT2D eigenvalue weighted by molar-refractivity contribution is -0.137. The van der Waals surface area contributed by atoms with Crippen LogP contribution in [-0.2, 0) is 19.1 Å². The largest absolute Gasteiger partial charge is 0.481 e. The molecule has 3 fully saturated rings. The van der Waals surface area contributed by atoms with Crippen molar-refractivity contribution in [3.8, 4) is 0 Å². The minimum absolute atomic E-state index is 0. The number of Topliss-reactive ketones (excluding diaryl/α,β-unsaturated/α-hetero) is 1. The normalized spacial score (nSPS) is 15.5. The second-order valence-electron chi connectivity index (χ2n) is 28.6. The molecule has 99 heavy (non-hydrogen) atoms. The molecule has 3 heterocycles. The summed E-state index contributed by atoms with van der Waals surface area (Å²) in [6.45, 7) is 32.0. The van der Waals surface area contributed by atoms with Gasteiger partial charge in [0.2, 0.25) is 0 Å². The smallest absolute Gasteiger partial charge is 0.410 e. The van der Waals surface area contributed by atoms with E-state index in [0.717, 1.165) is 62.1 Å². The third kappa shape index (κ3) is 40.6. The maximum atomic E-state index is 12.1. The van der Waals surface area contributed by atoms with E-state index >= 15 is 0 Å². The first kappa shape index (κ1) is 88.8. The Bertz CT molecular complexity index is 2940.